The normalized spacial score (nSPS) is 13.5. The maximum absolute atomic E-state index is 12.3. The van der Waals surface area contributed by atoms with E-state index in [4.69, 9.17) is 0 Å². The molecule has 22 heavy (non-hydrogen) atoms. The molecule has 1 aromatic heterocycles. The van der Waals surface area contributed by atoms with Crippen LogP contribution in [0, 0.1) is 0 Å². The molecule has 1 aromatic carbocycles. The summed E-state index contributed by atoms with van der Waals surface area (Å²) >= 11 is 3.46. The Kier molecular flexibility index (Phi) is 4.34. The van der Waals surface area contributed by atoms with E-state index in [1.807, 2.05) is 0 Å². The Morgan fingerprint density at radius 3 is 2.86 bits per heavy atom. The van der Waals surface area contributed by atoms with Crippen molar-refractivity contribution in [2.24, 2.45) is 0 Å². The first-order chi connectivity index (χ1) is 10.6. The van der Waals surface area contributed by atoms with Gasteiger partial charge >= 0.3 is 0 Å². The summed E-state index contributed by atoms with van der Waals surface area (Å²) in [6.45, 7) is 4.65. The number of aryl methyl sites for hydroxylation is 2. The number of rotatable bonds is 4. The second-order valence-electron chi connectivity index (χ2n) is 6.09. The number of carbonyl (C=O) groups excluding carboxylic acids is 1. The third-order valence-corrected chi connectivity index (χ3v) is 4.94. The second kappa shape index (κ2) is 6.24. The van der Waals surface area contributed by atoms with Gasteiger partial charge in [0.15, 0.2) is 5.69 Å². The van der Waals surface area contributed by atoms with Crippen LogP contribution in [-0.2, 0) is 19.4 Å². The van der Waals surface area contributed by atoms with E-state index in [1.165, 1.54) is 24.0 Å². The summed E-state index contributed by atoms with van der Waals surface area (Å²) in [5.41, 5.74) is 5.39. The molecule has 0 radical (unpaired) electrons. The fourth-order valence-electron chi connectivity index (χ4n) is 2.88. The van der Waals surface area contributed by atoms with Crippen LogP contribution in [0.2, 0.25) is 0 Å². The molecular weight excluding hydrogens is 342 g/mol. The molecule has 0 atom stereocenters. The molecule has 1 aliphatic rings. The van der Waals surface area contributed by atoms with Crippen molar-refractivity contribution in [3.05, 3.63) is 50.8 Å². The molecular formula is C17H20BrN3O. The summed E-state index contributed by atoms with van der Waals surface area (Å²) in [4.78, 5) is 12.3. The molecule has 2 aromatic rings. The average molecular weight is 362 g/mol. The molecule has 1 heterocycles. The van der Waals surface area contributed by atoms with Crippen molar-refractivity contribution in [2.45, 2.75) is 45.6 Å². The van der Waals surface area contributed by atoms with Crippen molar-refractivity contribution in [2.75, 3.05) is 0 Å². The maximum Gasteiger partial charge on any atom is 0.273 e. The molecule has 0 unspecified atom stereocenters. The lowest BCUT2D eigenvalue weighted by molar-refractivity contribution is 0.0945. The molecule has 1 aliphatic carbocycles. The Morgan fingerprint density at radius 1 is 1.36 bits per heavy atom. The summed E-state index contributed by atoms with van der Waals surface area (Å²) in [5.74, 6) is 0.135. The van der Waals surface area contributed by atoms with Gasteiger partial charge in [0.1, 0.15) is 0 Å². The largest absolute Gasteiger partial charge is 0.347 e. The van der Waals surface area contributed by atoms with Crippen molar-refractivity contribution < 1.29 is 4.79 Å². The summed E-state index contributed by atoms with van der Waals surface area (Å²) in [6.07, 6.45) is 3.57. The number of fused-ring (bicyclic) bond motifs is 1. The highest BCUT2D eigenvalue weighted by molar-refractivity contribution is 9.10. The van der Waals surface area contributed by atoms with Gasteiger partial charge in [0.2, 0.25) is 0 Å². The van der Waals surface area contributed by atoms with Crippen molar-refractivity contribution in [1.82, 2.24) is 15.5 Å². The smallest absolute Gasteiger partial charge is 0.273 e. The predicted octanol–water partition coefficient (Wildman–Crippen LogP) is 3.71. The van der Waals surface area contributed by atoms with Crippen LogP contribution in [0.3, 0.4) is 0 Å². The first kappa shape index (κ1) is 15.3. The molecule has 3 rings (SSSR count). The second-order valence-corrected chi connectivity index (χ2v) is 6.89. The van der Waals surface area contributed by atoms with Crippen LogP contribution in [-0.4, -0.2) is 16.1 Å². The molecule has 0 aliphatic heterocycles. The highest BCUT2D eigenvalue weighted by Crippen LogP contribution is 2.26. The molecule has 0 saturated carbocycles. The number of hydrogen-bond donors (Lipinski definition) is 2. The lowest BCUT2D eigenvalue weighted by Gasteiger charge is -2.07. The van der Waals surface area contributed by atoms with Gasteiger partial charge < -0.3 is 5.32 Å². The third kappa shape index (κ3) is 2.95. The van der Waals surface area contributed by atoms with Gasteiger partial charge in [-0.3, -0.25) is 9.89 Å². The van der Waals surface area contributed by atoms with E-state index in [2.05, 4.69) is 63.5 Å². The molecule has 5 heteroatoms. The van der Waals surface area contributed by atoms with Crippen molar-refractivity contribution in [3.63, 3.8) is 0 Å². The minimum Gasteiger partial charge on any atom is -0.347 e. The third-order valence-electron chi connectivity index (χ3n) is 4.14. The first-order valence-electron chi connectivity index (χ1n) is 7.69. The number of nitrogens with one attached hydrogen (secondary N) is 2. The number of amides is 1. The van der Waals surface area contributed by atoms with Gasteiger partial charge in [-0.15, -0.1) is 0 Å². The number of benzene rings is 1. The van der Waals surface area contributed by atoms with E-state index in [-0.39, 0.29) is 5.91 Å². The van der Waals surface area contributed by atoms with Crippen LogP contribution in [0.15, 0.2) is 22.7 Å². The minimum atomic E-state index is -0.157. The van der Waals surface area contributed by atoms with Gasteiger partial charge in [-0.05, 0) is 57.8 Å². The summed E-state index contributed by atoms with van der Waals surface area (Å²) in [5, 5.41) is 10.0. The fraction of sp³-hybridized carbons (Fsp3) is 0.412. The van der Waals surface area contributed by atoms with Crippen molar-refractivity contribution in [3.8, 4) is 0 Å². The number of H-pyrrole nitrogens is 1. The molecule has 0 fully saturated rings. The van der Waals surface area contributed by atoms with E-state index in [0.29, 0.717) is 18.2 Å². The summed E-state index contributed by atoms with van der Waals surface area (Å²) in [7, 11) is 0. The molecule has 0 spiro atoms. The zero-order valence-corrected chi connectivity index (χ0v) is 14.5. The standard InChI is InChI=1S/C17H20BrN3O/c1-10(2)15-14(18)16(21-20-15)17(22)19-9-11-6-7-12-4-3-5-13(12)8-11/h6-8,10H,3-5,9H2,1-2H3,(H,19,22)(H,20,21). The highest BCUT2D eigenvalue weighted by atomic mass is 79.9. The van der Waals surface area contributed by atoms with Crippen LogP contribution < -0.4 is 5.32 Å². The van der Waals surface area contributed by atoms with Gasteiger partial charge in [-0.1, -0.05) is 32.0 Å². The maximum atomic E-state index is 12.3. The Balaban J connectivity index is 1.67. The Bertz CT molecular complexity index is 706. The van der Waals surface area contributed by atoms with Crippen LogP contribution in [0.1, 0.15) is 59.1 Å². The number of hydrogen-bond acceptors (Lipinski definition) is 2. The summed E-state index contributed by atoms with van der Waals surface area (Å²) < 4.78 is 0.758. The van der Waals surface area contributed by atoms with E-state index >= 15 is 0 Å². The molecule has 116 valence electrons. The van der Waals surface area contributed by atoms with Gasteiger partial charge in [0, 0.05) is 6.54 Å². The molecule has 1 amide bonds. The summed E-state index contributed by atoms with van der Waals surface area (Å²) in [6, 6.07) is 6.50. The van der Waals surface area contributed by atoms with Gasteiger partial charge in [-0.2, -0.15) is 5.10 Å². The van der Waals surface area contributed by atoms with Crippen molar-refractivity contribution >= 4 is 21.8 Å². The van der Waals surface area contributed by atoms with Gasteiger partial charge in [0.25, 0.3) is 5.91 Å². The van der Waals surface area contributed by atoms with Crippen LogP contribution in [0.25, 0.3) is 0 Å². The highest BCUT2D eigenvalue weighted by Gasteiger charge is 2.19. The van der Waals surface area contributed by atoms with E-state index in [0.717, 1.165) is 22.2 Å². The molecule has 2 N–H and O–H groups in total. The quantitative estimate of drug-likeness (QED) is 0.871. The number of carbonyl (C=O) groups is 1. The van der Waals surface area contributed by atoms with Crippen LogP contribution in [0.4, 0.5) is 0 Å². The van der Waals surface area contributed by atoms with Crippen LogP contribution in [0.5, 0.6) is 0 Å². The molecule has 4 nitrogen and oxygen atoms in total. The first-order valence-corrected chi connectivity index (χ1v) is 8.48. The predicted molar refractivity (Wildman–Crippen MR) is 90.0 cm³/mol. The number of nitrogens with zero attached hydrogens (tertiary/aromatic N) is 1. The Labute approximate surface area is 138 Å². The number of aromatic amines is 1. The van der Waals surface area contributed by atoms with E-state index in [1.54, 1.807) is 0 Å². The van der Waals surface area contributed by atoms with Gasteiger partial charge in [-0.25, -0.2) is 0 Å². The van der Waals surface area contributed by atoms with Crippen molar-refractivity contribution in [1.29, 1.82) is 0 Å². The monoisotopic (exact) mass is 361 g/mol. The minimum absolute atomic E-state index is 0.157. The topological polar surface area (TPSA) is 57.8 Å². The lowest BCUT2D eigenvalue weighted by atomic mass is 10.1. The lowest BCUT2D eigenvalue weighted by Crippen LogP contribution is -2.23. The molecule has 0 saturated heterocycles. The van der Waals surface area contributed by atoms with Gasteiger partial charge in [0.05, 0.1) is 10.2 Å². The van der Waals surface area contributed by atoms with Crippen LogP contribution >= 0.6 is 15.9 Å². The van der Waals surface area contributed by atoms with E-state index in [9.17, 15) is 4.79 Å². The Morgan fingerprint density at radius 2 is 2.14 bits per heavy atom. The number of aromatic nitrogens is 2. The average Bonchev–Trinajstić information content (AvgIpc) is 3.10. The zero-order chi connectivity index (χ0) is 15.7. The molecule has 0 bridgehead atoms. The zero-order valence-electron chi connectivity index (χ0n) is 12.9. The fourth-order valence-corrected chi connectivity index (χ4v) is 3.69. The Hall–Kier alpha value is -1.62. The number of halogens is 1. The SMILES string of the molecule is CC(C)c1[nH]nc(C(=O)NCc2ccc3c(c2)CCC3)c1Br. The van der Waals surface area contributed by atoms with E-state index < -0.39 is 0 Å².